The van der Waals surface area contributed by atoms with Gasteiger partial charge >= 0.3 is 0 Å². The van der Waals surface area contributed by atoms with Gasteiger partial charge in [-0.1, -0.05) is 0 Å². The van der Waals surface area contributed by atoms with Crippen LogP contribution in [0.5, 0.6) is 0 Å². The summed E-state index contributed by atoms with van der Waals surface area (Å²) in [5, 5.41) is 19.3. The Kier molecular flexibility index (Phi) is 6.57. The van der Waals surface area contributed by atoms with Gasteiger partial charge in [0, 0.05) is 48.4 Å². The number of rotatable bonds is 9. The zero-order chi connectivity index (χ0) is 22.0. The van der Waals surface area contributed by atoms with Gasteiger partial charge in [0.2, 0.25) is 0 Å². The Morgan fingerprint density at radius 3 is 2.65 bits per heavy atom. The average molecular weight is 422 g/mol. The maximum absolute atomic E-state index is 13.3. The number of Topliss-reactive ketones (excluding diaryl/α,β-unsaturated/α-hetero) is 1. The summed E-state index contributed by atoms with van der Waals surface area (Å²) >= 11 is 0. The molecule has 2 bridgehead atoms. The van der Waals surface area contributed by atoms with E-state index in [1.807, 2.05) is 37.3 Å². The predicted molar refractivity (Wildman–Crippen MR) is 119 cm³/mol. The van der Waals surface area contributed by atoms with Crippen molar-refractivity contribution in [3.05, 3.63) is 52.8 Å². The lowest BCUT2D eigenvalue weighted by molar-refractivity contribution is 0.0873. The molecule has 1 aromatic heterocycles. The first-order valence-corrected chi connectivity index (χ1v) is 11.2. The summed E-state index contributed by atoms with van der Waals surface area (Å²) in [5.41, 5.74) is 4.38. The van der Waals surface area contributed by atoms with Crippen molar-refractivity contribution < 1.29 is 14.6 Å². The molecular weight excluding hydrogens is 390 g/mol. The van der Waals surface area contributed by atoms with Crippen LogP contribution in [-0.2, 0) is 11.2 Å². The second kappa shape index (κ2) is 9.35. The number of ketones is 1. The van der Waals surface area contributed by atoms with Crippen molar-refractivity contribution in [1.82, 2.24) is 9.47 Å². The number of carbonyl (C=O) groups is 1. The van der Waals surface area contributed by atoms with Gasteiger partial charge in [-0.2, -0.15) is 5.26 Å². The lowest BCUT2D eigenvalue weighted by Crippen LogP contribution is -2.36. The number of benzene rings is 1. The van der Waals surface area contributed by atoms with Crippen LogP contribution in [0.1, 0.15) is 59.4 Å². The number of hydrogen-bond donors (Lipinski definition) is 1. The standard InChI is InChI=1S/C25H31N3O3/c1-17-22(25(30)16-27-20-10-11-23(27)24(29)14-20)13-21(5-3-4-12-31-2)28(17)19-8-6-18(15-26)7-9-19/h6-9,13,20,23-24,29H,3-5,10-12,14,16H2,1-2H3/t20-,23+,24+/m0/s1. The Bertz CT molecular complexity index is 973. The van der Waals surface area contributed by atoms with E-state index in [0.29, 0.717) is 18.2 Å². The summed E-state index contributed by atoms with van der Waals surface area (Å²) in [6.45, 7) is 3.09. The molecule has 3 heterocycles. The number of ether oxygens (including phenoxy) is 1. The highest BCUT2D eigenvalue weighted by molar-refractivity contribution is 5.99. The number of aliphatic hydroxyl groups is 1. The summed E-state index contributed by atoms with van der Waals surface area (Å²) in [7, 11) is 1.71. The van der Waals surface area contributed by atoms with Crippen molar-refractivity contribution in [3.63, 3.8) is 0 Å². The fourth-order valence-electron chi connectivity index (χ4n) is 5.30. The van der Waals surface area contributed by atoms with E-state index < -0.39 is 0 Å². The van der Waals surface area contributed by atoms with E-state index in [1.165, 1.54) is 0 Å². The molecule has 0 spiro atoms. The minimum atomic E-state index is -0.299. The number of aliphatic hydroxyl groups excluding tert-OH is 1. The van der Waals surface area contributed by atoms with Crippen LogP contribution in [0.3, 0.4) is 0 Å². The lowest BCUT2D eigenvalue weighted by Gasteiger charge is -2.21. The van der Waals surface area contributed by atoms with Crippen molar-refractivity contribution in [1.29, 1.82) is 5.26 Å². The molecule has 0 amide bonds. The smallest absolute Gasteiger partial charge is 0.178 e. The van der Waals surface area contributed by atoms with Crippen molar-refractivity contribution in [2.24, 2.45) is 0 Å². The molecule has 31 heavy (non-hydrogen) atoms. The number of hydrogen-bond acceptors (Lipinski definition) is 5. The molecule has 2 aliphatic rings. The van der Waals surface area contributed by atoms with Gasteiger partial charge in [-0.15, -0.1) is 0 Å². The Balaban J connectivity index is 1.60. The molecule has 2 saturated heterocycles. The number of methoxy groups -OCH3 is 1. The number of nitrogens with zero attached hydrogens (tertiary/aromatic N) is 3. The van der Waals surface area contributed by atoms with Gasteiger partial charge in [-0.05, 0) is 75.8 Å². The van der Waals surface area contributed by atoms with Crippen LogP contribution < -0.4 is 0 Å². The number of aryl methyl sites for hydroxylation is 1. The zero-order valence-corrected chi connectivity index (χ0v) is 18.4. The maximum Gasteiger partial charge on any atom is 0.178 e. The minimum Gasteiger partial charge on any atom is -0.391 e. The van der Waals surface area contributed by atoms with Crippen molar-refractivity contribution in [3.8, 4) is 11.8 Å². The summed E-state index contributed by atoms with van der Waals surface area (Å²) < 4.78 is 7.33. The molecule has 6 heteroatoms. The van der Waals surface area contributed by atoms with Crippen LogP contribution in [-0.4, -0.2) is 58.8 Å². The number of carbonyl (C=O) groups excluding carboxylic acids is 1. The van der Waals surface area contributed by atoms with Crippen molar-refractivity contribution >= 4 is 5.78 Å². The zero-order valence-electron chi connectivity index (χ0n) is 18.4. The van der Waals surface area contributed by atoms with E-state index in [0.717, 1.165) is 67.8 Å². The summed E-state index contributed by atoms with van der Waals surface area (Å²) in [6.07, 6.45) is 5.34. The highest BCUT2D eigenvalue weighted by atomic mass is 16.5. The molecule has 2 aromatic rings. The van der Waals surface area contributed by atoms with E-state index in [2.05, 4.69) is 15.5 Å². The van der Waals surface area contributed by atoms with Crippen LogP contribution in [0.25, 0.3) is 5.69 Å². The van der Waals surface area contributed by atoms with Gasteiger partial charge in [-0.3, -0.25) is 9.69 Å². The van der Waals surface area contributed by atoms with Gasteiger partial charge in [0.05, 0.1) is 24.3 Å². The third-order valence-electron chi connectivity index (χ3n) is 6.88. The predicted octanol–water partition coefficient (Wildman–Crippen LogP) is 3.41. The fraction of sp³-hybridized carbons (Fsp3) is 0.520. The summed E-state index contributed by atoms with van der Waals surface area (Å²) in [5.74, 6) is 0.119. The highest BCUT2D eigenvalue weighted by Crippen LogP contribution is 2.37. The molecule has 2 fully saturated rings. The lowest BCUT2D eigenvalue weighted by atomic mass is 9.98. The van der Waals surface area contributed by atoms with Gasteiger partial charge in [0.25, 0.3) is 0 Å². The van der Waals surface area contributed by atoms with Crippen molar-refractivity contribution in [2.45, 2.75) is 63.6 Å². The van der Waals surface area contributed by atoms with Gasteiger partial charge < -0.3 is 14.4 Å². The normalized spacial score (nSPS) is 22.7. The molecule has 0 saturated carbocycles. The molecule has 0 radical (unpaired) electrons. The van der Waals surface area contributed by atoms with Gasteiger partial charge in [0.1, 0.15) is 0 Å². The molecule has 0 aliphatic carbocycles. The third kappa shape index (κ3) is 4.31. The molecule has 1 N–H and O–H groups in total. The third-order valence-corrected chi connectivity index (χ3v) is 6.88. The molecule has 3 atom stereocenters. The topological polar surface area (TPSA) is 78.5 Å². The Morgan fingerprint density at radius 1 is 1.26 bits per heavy atom. The summed E-state index contributed by atoms with van der Waals surface area (Å²) in [6, 6.07) is 12.2. The molecular formula is C25H31N3O3. The van der Waals surface area contributed by atoms with Crippen LogP contribution in [0.15, 0.2) is 30.3 Å². The second-order valence-electron chi connectivity index (χ2n) is 8.78. The number of aromatic nitrogens is 1. The maximum atomic E-state index is 13.3. The molecule has 164 valence electrons. The number of nitriles is 1. The first-order chi connectivity index (χ1) is 15.0. The minimum absolute atomic E-state index is 0.119. The quantitative estimate of drug-likeness (QED) is 0.496. The molecule has 1 aromatic carbocycles. The Hall–Kier alpha value is -2.46. The Morgan fingerprint density at radius 2 is 2.03 bits per heavy atom. The number of unbranched alkanes of at least 4 members (excludes halogenated alkanes) is 1. The van der Waals surface area contributed by atoms with Crippen LogP contribution in [0.2, 0.25) is 0 Å². The molecule has 6 nitrogen and oxygen atoms in total. The van der Waals surface area contributed by atoms with E-state index in [4.69, 9.17) is 10.00 Å². The van der Waals surface area contributed by atoms with Crippen LogP contribution in [0.4, 0.5) is 0 Å². The summed E-state index contributed by atoms with van der Waals surface area (Å²) in [4.78, 5) is 15.5. The molecule has 2 aliphatic heterocycles. The van der Waals surface area contributed by atoms with E-state index in [-0.39, 0.29) is 17.9 Å². The van der Waals surface area contributed by atoms with Gasteiger partial charge in [-0.25, -0.2) is 0 Å². The first kappa shape index (κ1) is 21.8. The second-order valence-corrected chi connectivity index (χ2v) is 8.78. The fourth-order valence-corrected chi connectivity index (χ4v) is 5.30. The van der Waals surface area contributed by atoms with Crippen LogP contribution >= 0.6 is 0 Å². The monoisotopic (exact) mass is 421 g/mol. The van der Waals surface area contributed by atoms with E-state index >= 15 is 0 Å². The SMILES string of the molecule is COCCCCc1cc(C(=O)CN2[C@H]3CC[C@@H]2[C@H](O)C3)c(C)n1-c1ccc(C#N)cc1. The average Bonchev–Trinajstić information content (AvgIpc) is 3.41. The largest absolute Gasteiger partial charge is 0.391 e. The highest BCUT2D eigenvalue weighted by Gasteiger charge is 2.46. The molecule has 4 rings (SSSR count). The van der Waals surface area contributed by atoms with Crippen LogP contribution in [0, 0.1) is 18.3 Å². The van der Waals surface area contributed by atoms with Crippen molar-refractivity contribution in [2.75, 3.05) is 20.3 Å². The van der Waals surface area contributed by atoms with E-state index in [9.17, 15) is 9.90 Å². The van der Waals surface area contributed by atoms with Gasteiger partial charge in [0.15, 0.2) is 5.78 Å². The number of fused-ring (bicyclic) bond motifs is 2. The van der Waals surface area contributed by atoms with E-state index in [1.54, 1.807) is 7.11 Å². The Labute approximate surface area is 184 Å². The first-order valence-electron chi connectivity index (χ1n) is 11.2. The molecule has 0 unspecified atom stereocenters.